The molecule has 0 fully saturated rings. The van der Waals surface area contributed by atoms with Gasteiger partial charge in [-0.05, 0) is 72.5 Å². The van der Waals surface area contributed by atoms with Crippen molar-refractivity contribution in [1.29, 1.82) is 0 Å². The second-order valence-corrected chi connectivity index (χ2v) is 7.92. The number of rotatable bonds is 7. The maximum absolute atomic E-state index is 13.6. The first-order valence-electron chi connectivity index (χ1n) is 10.4. The van der Waals surface area contributed by atoms with Crippen molar-refractivity contribution in [2.75, 3.05) is 5.32 Å². The van der Waals surface area contributed by atoms with Gasteiger partial charge in [-0.3, -0.25) is 9.48 Å². The molecular weight excluding hydrogens is 424 g/mol. The van der Waals surface area contributed by atoms with Gasteiger partial charge in [0.05, 0.1) is 6.54 Å². The second kappa shape index (κ2) is 9.65. The molecule has 1 amide bonds. The third-order valence-electron chi connectivity index (χ3n) is 4.95. The number of carbonyl (C=O) groups is 1. The molecule has 4 aromatic rings. The fourth-order valence-electron chi connectivity index (χ4n) is 3.59. The Morgan fingerprint density at radius 1 is 0.939 bits per heavy atom. The van der Waals surface area contributed by atoms with Crippen LogP contribution in [-0.4, -0.2) is 15.7 Å². The van der Waals surface area contributed by atoms with Crippen LogP contribution >= 0.6 is 0 Å². The van der Waals surface area contributed by atoms with Gasteiger partial charge >= 0.3 is 0 Å². The second-order valence-electron chi connectivity index (χ2n) is 7.92. The molecule has 0 bridgehead atoms. The molecule has 0 unspecified atom stereocenters. The largest absolute Gasteiger partial charge is 0.471 e. The van der Waals surface area contributed by atoms with Crippen LogP contribution in [0.5, 0.6) is 5.88 Å². The van der Waals surface area contributed by atoms with Crippen LogP contribution in [0.25, 0.3) is 0 Å². The summed E-state index contributed by atoms with van der Waals surface area (Å²) in [5.74, 6) is -1.01. The first kappa shape index (κ1) is 22.2. The maximum atomic E-state index is 13.6. The lowest BCUT2D eigenvalue weighted by molar-refractivity contribution is 0.102. The summed E-state index contributed by atoms with van der Waals surface area (Å²) in [6.45, 7) is 4.20. The van der Waals surface area contributed by atoms with Crippen molar-refractivity contribution in [2.24, 2.45) is 0 Å². The van der Waals surface area contributed by atoms with Crippen LogP contribution in [0.3, 0.4) is 0 Å². The van der Waals surface area contributed by atoms with Gasteiger partial charge in [-0.25, -0.2) is 8.78 Å². The van der Waals surface area contributed by atoms with Gasteiger partial charge < -0.3 is 10.1 Å². The summed E-state index contributed by atoms with van der Waals surface area (Å²) in [5, 5.41) is 7.27. The maximum Gasteiger partial charge on any atom is 0.262 e. The van der Waals surface area contributed by atoms with Crippen LogP contribution in [0.1, 0.15) is 32.6 Å². The van der Waals surface area contributed by atoms with Crippen molar-refractivity contribution in [2.45, 2.75) is 27.0 Å². The molecule has 0 atom stereocenters. The number of anilines is 1. The van der Waals surface area contributed by atoms with E-state index in [1.54, 1.807) is 30.5 Å². The topological polar surface area (TPSA) is 56.2 Å². The van der Waals surface area contributed by atoms with Crippen LogP contribution in [0.2, 0.25) is 0 Å². The van der Waals surface area contributed by atoms with Crippen molar-refractivity contribution in [3.63, 3.8) is 0 Å². The highest BCUT2D eigenvalue weighted by molar-refractivity contribution is 6.05. The third-order valence-corrected chi connectivity index (χ3v) is 4.95. The molecule has 0 aliphatic rings. The summed E-state index contributed by atoms with van der Waals surface area (Å²) in [7, 11) is 0. The zero-order valence-corrected chi connectivity index (χ0v) is 18.3. The van der Waals surface area contributed by atoms with Gasteiger partial charge in [0, 0.05) is 11.9 Å². The lowest BCUT2D eigenvalue weighted by Crippen LogP contribution is -2.13. The van der Waals surface area contributed by atoms with Crippen molar-refractivity contribution >= 4 is 11.6 Å². The Labute approximate surface area is 190 Å². The lowest BCUT2D eigenvalue weighted by Gasteiger charge is -2.08. The fraction of sp³-hybridized carbons (Fsp3) is 0.154. The molecule has 5 nitrogen and oxygen atoms in total. The predicted molar refractivity (Wildman–Crippen MR) is 122 cm³/mol. The predicted octanol–water partition coefficient (Wildman–Crippen LogP) is 5.66. The molecule has 0 aliphatic heterocycles. The van der Waals surface area contributed by atoms with E-state index in [1.807, 2.05) is 32.0 Å². The molecule has 4 rings (SSSR count). The summed E-state index contributed by atoms with van der Waals surface area (Å²) in [5.41, 5.74) is 4.23. The molecule has 7 heteroatoms. The van der Waals surface area contributed by atoms with E-state index in [2.05, 4.69) is 10.4 Å². The molecule has 168 valence electrons. The SMILES string of the molecule is Cc1cc(C)cc(NC(=O)c2cn(Cc3cccc(F)c3)nc2OCc2cccc(F)c2)c1. The quantitative estimate of drug-likeness (QED) is 0.398. The van der Waals surface area contributed by atoms with Crippen molar-refractivity contribution < 1.29 is 18.3 Å². The highest BCUT2D eigenvalue weighted by Gasteiger charge is 2.19. The summed E-state index contributed by atoms with van der Waals surface area (Å²) in [6.07, 6.45) is 1.56. The molecule has 0 spiro atoms. The fourth-order valence-corrected chi connectivity index (χ4v) is 3.59. The van der Waals surface area contributed by atoms with E-state index in [-0.39, 0.29) is 42.1 Å². The molecular formula is C26H23F2N3O2. The Hall–Kier alpha value is -4.00. The standard InChI is InChI=1S/C26H23F2N3O2/c1-17-9-18(2)11-23(10-17)29-25(32)24-15-31(14-19-5-3-7-21(27)12-19)30-26(24)33-16-20-6-4-8-22(28)13-20/h3-13,15H,14,16H2,1-2H3,(H,29,32). The Morgan fingerprint density at radius 2 is 1.58 bits per heavy atom. The van der Waals surface area contributed by atoms with Gasteiger partial charge in [-0.1, -0.05) is 30.3 Å². The smallest absolute Gasteiger partial charge is 0.262 e. The number of ether oxygens (including phenoxy) is 1. The first-order chi connectivity index (χ1) is 15.9. The average Bonchev–Trinajstić information content (AvgIpc) is 3.14. The Bertz CT molecular complexity index is 1280. The van der Waals surface area contributed by atoms with E-state index in [0.29, 0.717) is 16.8 Å². The van der Waals surface area contributed by atoms with E-state index in [9.17, 15) is 13.6 Å². The third kappa shape index (κ3) is 5.83. The minimum absolute atomic E-state index is 0.0402. The zero-order valence-electron chi connectivity index (χ0n) is 18.3. The number of carbonyl (C=O) groups excluding carboxylic acids is 1. The molecule has 1 N–H and O–H groups in total. The van der Waals surface area contributed by atoms with E-state index in [4.69, 9.17) is 4.74 Å². The van der Waals surface area contributed by atoms with Crippen molar-refractivity contribution in [3.05, 3.63) is 112 Å². The Morgan fingerprint density at radius 3 is 2.24 bits per heavy atom. The zero-order chi connectivity index (χ0) is 23.4. The van der Waals surface area contributed by atoms with E-state index >= 15 is 0 Å². The number of amides is 1. The monoisotopic (exact) mass is 447 g/mol. The van der Waals surface area contributed by atoms with Gasteiger partial charge in [0.1, 0.15) is 23.8 Å². The molecule has 1 aromatic heterocycles. The average molecular weight is 447 g/mol. The van der Waals surface area contributed by atoms with Gasteiger partial charge in [0.2, 0.25) is 5.88 Å². The molecule has 1 heterocycles. The van der Waals surface area contributed by atoms with Crippen LogP contribution in [0, 0.1) is 25.5 Å². The summed E-state index contributed by atoms with van der Waals surface area (Å²) in [4.78, 5) is 13.1. The summed E-state index contributed by atoms with van der Waals surface area (Å²) < 4.78 is 34.4. The van der Waals surface area contributed by atoms with Gasteiger partial charge in [-0.15, -0.1) is 5.10 Å². The summed E-state index contributed by atoms with van der Waals surface area (Å²) >= 11 is 0. The molecule has 0 saturated heterocycles. The number of hydrogen-bond donors (Lipinski definition) is 1. The van der Waals surface area contributed by atoms with Gasteiger partial charge in [-0.2, -0.15) is 0 Å². The molecule has 0 saturated carbocycles. The van der Waals surface area contributed by atoms with Crippen LogP contribution in [0.15, 0.2) is 72.9 Å². The number of nitrogens with one attached hydrogen (secondary N) is 1. The van der Waals surface area contributed by atoms with Gasteiger partial charge in [0.25, 0.3) is 5.91 Å². The Kier molecular flexibility index (Phi) is 6.49. The molecule has 0 aliphatic carbocycles. The normalized spacial score (nSPS) is 10.8. The number of aryl methyl sites for hydroxylation is 2. The first-order valence-corrected chi connectivity index (χ1v) is 10.4. The van der Waals surface area contributed by atoms with Gasteiger partial charge in [0.15, 0.2) is 0 Å². The highest BCUT2D eigenvalue weighted by atomic mass is 19.1. The number of hydrogen-bond acceptors (Lipinski definition) is 3. The number of halogens is 2. The molecule has 33 heavy (non-hydrogen) atoms. The number of nitrogens with zero attached hydrogens (tertiary/aromatic N) is 2. The molecule has 0 radical (unpaired) electrons. The van der Waals surface area contributed by atoms with Crippen molar-refractivity contribution in [3.8, 4) is 5.88 Å². The lowest BCUT2D eigenvalue weighted by atomic mass is 10.1. The molecule has 3 aromatic carbocycles. The highest BCUT2D eigenvalue weighted by Crippen LogP contribution is 2.22. The van der Waals surface area contributed by atoms with E-state index in [1.165, 1.54) is 28.9 Å². The Balaban J connectivity index is 1.60. The van der Waals surface area contributed by atoms with Crippen LogP contribution in [-0.2, 0) is 13.2 Å². The van der Waals surface area contributed by atoms with E-state index in [0.717, 1.165) is 11.1 Å². The minimum Gasteiger partial charge on any atom is -0.471 e. The van der Waals surface area contributed by atoms with Crippen LogP contribution < -0.4 is 10.1 Å². The van der Waals surface area contributed by atoms with Crippen LogP contribution in [0.4, 0.5) is 14.5 Å². The van der Waals surface area contributed by atoms with Crippen molar-refractivity contribution in [1.82, 2.24) is 9.78 Å². The summed E-state index contributed by atoms with van der Waals surface area (Å²) in [6, 6.07) is 17.9. The number of benzene rings is 3. The number of aromatic nitrogens is 2. The minimum atomic E-state index is -0.389. The van der Waals surface area contributed by atoms with E-state index < -0.39 is 0 Å².